The first kappa shape index (κ1) is 59.8. The van der Waals surface area contributed by atoms with Gasteiger partial charge < -0.3 is 64.2 Å². The van der Waals surface area contributed by atoms with Crippen LogP contribution in [-0.4, -0.2) is 142 Å². The number of carbonyl (C=O) groups is 2. The van der Waals surface area contributed by atoms with Crippen LogP contribution in [0.5, 0.6) is 0 Å². The molecule has 15 heteroatoms. The van der Waals surface area contributed by atoms with Gasteiger partial charge in [0.2, 0.25) is 0 Å². The first-order valence-electron chi connectivity index (χ1n) is 25.6. The zero-order valence-electron chi connectivity index (χ0n) is 40.4. The minimum atomic E-state index is -1.77. The Morgan fingerprint density at radius 1 is 0.485 bits per heavy atom. The number of hydrogen-bond acceptors (Lipinski definition) is 15. The highest BCUT2D eigenvalue weighted by Crippen LogP contribution is 2.26. The number of ether oxygens (including phenoxy) is 6. The predicted octanol–water partition coefficient (Wildman–Crippen LogP) is 6.93. The lowest BCUT2D eigenvalue weighted by atomic mass is 9.98. The van der Waals surface area contributed by atoms with E-state index >= 15 is 0 Å². The van der Waals surface area contributed by atoms with Gasteiger partial charge in [0.1, 0.15) is 55.4 Å². The summed E-state index contributed by atoms with van der Waals surface area (Å²) in [4.78, 5) is 25.7. The maximum absolute atomic E-state index is 13.0. The molecule has 0 aromatic carbocycles. The van der Waals surface area contributed by atoms with Gasteiger partial charge in [0.05, 0.1) is 19.8 Å². The molecule has 2 heterocycles. The lowest BCUT2D eigenvalue weighted by Gasteiger charge is -2.42. The van der Waals surface area contributed by atoms with E-state index in [4.69, 9.17) is 28.4 Å². The Kier molecular flexibility index (Phi) is 35.0. The second-order valence-electron chi connectivity index (χ2n) is 18.0. The van der Waals surface area contributed by atoms with Crippen molar-refractivity contribution in [3.63, 3.8) is 0 Å². The van der Waals surface area contributed by atoms with Crippen LogP contribution in [0.1, 0.15) is 181 Å². The Labute approximate surface area is 395 Å². The summed E-state index contributed by atoms with van der Waals surface area (Å²) in [5.74, 6) is -0.964. The molecule has 0 aliphatic carbocycles. The van der Waals surface area contributed by atoms with Gasteiger partial charge >= 0.3 is 11.9 Å². The molecule has 0 aromatic rings. The third-order valence-corrected chi connectivity index (χ3v) is 12.1. The van der Waals surface area contributed by atoms with Crippen molar-refractivity contribution in [2.45, 2.75) is 248 Å². The number of rotatable bonds is 39. The summed E-state index contributed by atoms with van der Waals surface area (Å²) in [5, 5.41) is 72.0. The normalized spacial score (nSPS) is 26.4. The SMILES string of the molecule is CCCC/C=C/CCCCCCCCCCCC(=O)O[C@H](COC(=O)CCCC/C=C/C/C=C/CCCCCCCC)CO[C@@H]1O[C@H](CO[C@@H]2O[C@H](CO)[C@H](O)C(O)C2O)[C@H](O)C(O)C1O. The van der Waals surface area contributed by atoms with Gasteiger partial charge in [-0.15, -0.1) is 0 Å². The van der Waals surface area contributed by atoms with Gasteiger partial charge in [-0.1, -0.05) is 140 Å². The van der Waals surface area contributed by atoms with Crippen LogP contribution >= 0.6 is 0 Å². The van der Waals surface area contributed by atoms with Crippen LogP contribution in [0, 0.1) is 0 Å². The lowest BCUT2D eigenvalue weighted by molar-refractivity contribution is -0.332. The van der Waals surface area contributed by atoms with E-state index in [1.54, 1.807) is 0 Å². The fraction of sp³-hybridized carbons (Fsp3) is 0.843. The molecule has 66 heavy (non-hydrogen) atoms. The van der Waals surface area contributed by atoms with Crippen molar-refractivity contribution in [2.75, 3.05) is 26.4 Å². The van der Waals surface area contributed by atoms with Gasteiger partial charge in [0, 0.05) is 12.8 Å². The van der Waals surface area contributed by atoms with Crippen LogP contribution in [0.3, 0.4) is 0 Å². The molecule has 0 bridgehead atoms. The van der Waals surface area contributed by atoms with Gasteiger partial charge in [0.25, 0.3) is 0 Å². The average molecular weight is 943 g/mol. The second kappa shape index (κ2) is 38.6. The molecule has 7 N–H and O–H groups in total. The van der Waals surface area contributed by atoms with E-state index in [9.17, 15) is 45.3 Å². The first-order valence-corrected chi connectivity index (χ1v) is 25.6. The summed E-state index contributed by atoms with van der Waals surface area (Å²) >= 11 is 0. The molecule has 2 saturated heterocycles. The zero-order valence-corrected chi connectivity index (χ0v) is 40.4. The summed E-state index contributed by atoms with van der Waals surface area (Å²) in [7, 11) is 0. The Hall–Kier alpha value is -2.28. The smallest absolute Gasteiger partial charge is 0.306 e. The van der Waals surface area contributed by atoms with Crippen molar-refractivity contribution >= 4 is 11.9 Å². The monoisotopic (exact) mass is 943 g/mol. The highest BCUT2D eigenvalue weighted by atomic mass is 16.7. The zero-order chi connectivity index (χ0) is 48.2. The Balaban J connectivity index is 1.83. The molecule has 2 fully saturated rings. The van der Waals surface area contributed by atoms with Gasteiger partial charge in [-0.2, -0.15) is 0 Å². The molecule has 4 unspecified atom stereocenters. The molecule has 0 saturated carbocycles. The number of aliphatic hydroxyl groups excluding tert-OH is 7. The molecular formula is C51H90O15. The number of unbranched alkanes of at least 4 members (excludes halogenated alkanes) is 19. The van der Waals surface area contributed by atoms with E-state index in [0.29, 0.717) is 12.8 Å². The number of esters is 2. The molecule has 2 aliphatic rings. The summed E-state index contributed by atoms with van der Waals surface area (Å²) in [6, 6.07) is 0. The lowest BCUT2D eigenvalue weighted by Crippen LogP contribution is -2.61. The second-order valence-corrected chi connectivity index (χ2v) is 18.0. The molecule has 0 amide bonds. The van der Waals surface area contributed by atoms with Crippen LogP contribution < -0.4 is 0 Å². The largest absolute Gasteiger partial charge is 0.462 e. The average Bonchev–Trinajstić information content (AvgIpc) is 3.31. The molecule has 0 radical (unpaired) electrons. The van der Waals surface area contributed by atoms with Gasteiger partial charge in [0.15, 0.2) is 18.7 Å². The standard InChI is InChI=1S/C51H90O15/c1-3-5-7-9-11-13-15-17-19-21-23-25-27-29-31-33-42(53)61-36-39(64-43(54)34-32-30-28-26-24-22-20-18-16-14-12-10-8-6-4-2)37-62-50-49(60)47(58)45(56)41(66-50)38-63-51-48(59)46(57)44(55)40(35-52)65-51/h10,12,17,19,23,25,39-41,44-52,55-60H,3-9,11,13-16,18,20-22,24,26-38H2,1-2H3/b12-10+,19-17+,25-23+/t39-,40-,41-,44+,45+,46?,47?,48?,49?,50-,51-/m1/s1. The van der Waals surface area contributed by atoms with E-state index in [2.05, 4.69) is 50.3 Å². The van der Waals surface area contributed by atoms with Crippen molar-refractivity contribution in [3.8, 4) is 0 Å². The highest BCUT2D eigenvalue weighted by Gasteiger charge is 2.47. The van der Waals surface area contributed by atoms with Crippen LogP contribution in [0.2, 0.25) is 0 Å². The molecular weight excluding hydrogens is 853 g/mol. The molecule has 15 nitrogen and oxygen atoms in total. The fourth-order valence-electron chi connectivity index (χ4n) is 7.82. The summed E-state index contributed by atoms with van der Waals surface area (Å²) < 4.78 is 33.5. The van der Waals surface area contributed by atoms with Crippen molar-refractivity contribution < 1.29 is 73.8 Å². The van der Waals surface area contributed by atoms with Crippen molar-refractivity contribution in [1.82, 2.24) is 0 Å². The number of allylic oxidation sites excluding steroid dienone is 6. The molecule has 2 aliphatic heterocycles. The summed E-state index contributed by atoms with van der Waals surface area (Å²) in [6.07, 6.45) is 23.2. The summed E-state index contributed by atoms with van der Waals surface area (Å²) in [6.45, 7) is 2.52. The number of hydrogen-bond donors (Lipinski definition) is 7. The van der Waals surface area contributed by atoms with Gasteiger partial charge in [-0.25, -0.2) is 0 Å². The van der Waals surface area contributed by atoms with E-state index in [-0.39, 0.29) is 19.4 Å². The third-order valence-electron chi connectivity index (χ3n) is 12.1. The number of carbonyl (C=O) groups excluding carboxylic acids is 2. The predicted molar refractivity (Wildman–Crippen MR) is 252 cm³/mol. The quantitative estimate of drug-likeness (QED) is 0.0188. The van der Waals surface area contributed by atoms with E-state index in [1.807, 2.05) is 0 Å². The van der Waals surface area contributed by atoms with Crippen molar-refractivity contribution in [2.24, 2.45) is 0 Å². The van der Waals surface area contributed by atoms with Crippen molar-refractivity contribution in [1.29, 1.82) is 0 Å². The molecule has 2 rings (SSSR count). The fourth-order valence-corrected chi connectivity index (χ4v) is 7.82. The minimum Gasteiger partial charge on any atom is -0.462 e. The van der Waals surface area contributed by atoms with E-state index in [1.165, 1.54) is 83.5 Å². The van der Waals surface area contributed by atoms with Crippen LogP contribution in [0.4, 0.5) is 0 Å². The Morgan fingerprint density at radius 3 is 1.50 bits per heavy atom. The number of aliphatic hydroxyl groups is 7. The van der Waals surface area contributed by atoms with Crippen molar-refractivity contribution in [3.05, 3.63) is 36.5 Å². The Bertz CT molecular complexity index is 1290. The maximum Gasteiger partial charge on any atom is 0.306 e. The van der Waals surface area contributed by atoms with E-state index < -0.39 is 99.3 Å². The van der Waals surface area contributed by atoms with Crippen LogP contribution in [0.25, 0.3) is 0 Å². The molecule has 0 spiro atoms. The van der Waals surface area contributed by atoms with Gasteiger partial charge in [-0.05, 0) is 64.2 Å². The maximum atomic E-state index is 13.0. The molecule has 0 aromatic heterocycles. The summed E-state index contributed by atoms with van der Waals surface area (Å²) in [5.41, 5.74) is 0. The molecule has 384 valence electrons. The topological polar surface area (TPSA) is 231 Å². The van der Waals surface area contributed by atoms with Gasteiger partial charge in [-0.3, -0.25) is 9.59 Å². The van der Waals surface area contributed by atoms with E-state index in [0.717, 1.165) is 57.8 Å². The first-order chi connectivity index (χ1) is 32.0. The van der Waals surface area contributed by atoms with Crippen LogP contribution in [-0.2, 0) is 38.0 Å². The minimum absolute atomic E-state index is 0.156. The molecule has 11 atom stereocenters. The third kappa shape index (κ3) is 26.5. The Morgan fingerprint density at radius 2 is 0.924 bits per heavy atom. The van der Waals surface area contributed by atoms with Crippen LogP contribution in [0.15, 0.2) is 36.5 Å². The highest BCUT2D eigenvalue weighted by molar-refractivity contribution is 5.70.